The third-order valence-electron chi connectivity index (χ3n) is 3.58. The van der Waals surface area contributed by atoms with Gasteiger partial charge in [-0.05, 0) is 26.1 Å². The number of rotatable bonds is 5. The third kappa shape index (κ3) is 2.34. The Balaban J connectivity index is 1.97. The topological polar surface area (TPSA) is 42.7 Å². The lowest BCUT2D eigenvalue weighted by Gasteiger charge is -2.14. The highest BCUT2D eigenvalue weighted by molar-refractivity contribution is 7.09. The smallest absolute Gasteiger partial charge is 0.111 e. The SMILES string of the molecule is CCn1c(CC(NC)c2cncs2)nc2ccccc21. The number of likely N-dealkylation sites (N-methyl/N-ethyl adjacent to an activating group) is 1. The van der Waals surface area contributed by atoms with Crippen LogP contribution in [0.3, 0.4) is 0 Å². The number of benzene rings is 1. The van der Waals surface area contributed by atoms with Gasteiger partial charge in [-0.3, -0.25) is 4.98 Å². The summed E-state index contributed by atoms with van der Waals surface area (Å²) in [4.78, 5) is 10.2. The second kappa shape index (κ2) is 5.73. The molecule has 2 aromatic heterocycles. The maximum absolute atomic E-state index is 4.79. The van der Waals surface area contributed by atoms with E-state index in [2.05, 4.69) is 40.0 Å². The lowest BCUT2D eigenvalue weighted by Crippen LogP contribution is -2.19. The number of nitrogens with zero attached hydrogens (tertiary/aromatic N) is 3. The van der Waals surface area contributed by atoms with Crippen molar-refractivity contribution in [3.63, 3.8) is 0 Å². The summed E-state index contributed by atoms with van der Waals surface area (Å²) in [5.74, 6) is 1.13. The molecule has 0 spiro atoms. The lowest BCUT2D eigenvalue weighted by atomic mass is 10.2. The van der Waals surface area contributed by atoms with Gasteiger partial charge in [0.15, 0.2) is 0 Å². The van der Waals surface area contributed by atoms with E-state index in [1.807, 2.05) is 24.8 Å². The zero-order chi connectivity index (χ0) is 13.9. The van der Waals surface area contributed by atoms with E-state index in [4.69, 9.17) is 4.98 Å². The van der Waals surface area contributed by atoms with Crippen molar-refractivity contribution >= 4 is 22.4 Å². The zero-order valence-electron chi connectivity index (χ0n) is 11.7. The number of hydrogen-bond donors (Lipinski definition) is 1. The first-order valence-electron chi connectivity index (χ1n) is 6.83. The molecule has 0 fully saturated rings. The molecule has 0 aliphatic heterocycles. The Morgan fingerprint density at radius 1 is 1.35 bits per heavy atom. The largest absolute Gasteiger partial charge is 0.328 e. The number of fused-ring (bicyclic) bond motifs is 1. The minimum atomic E-state index is 0.268. The molecule has 0 aliphatic rings. The van der Waals surface area contributed by atoms with E-state index < -0.39 is 0 Å². The molecule has 4 nitrogen and oxygen atoms in total. The molecule has 0 radical (unpaired) electrons. The fourth-order valence-electron chi connectivity index (χ4n) is 2.56. The maximum atomic E-state index is 4.79. The van der Waals surface area contributed by atoms with E-state index in [1.165, 1.54) is 10.4 Å². The van der Waals surface area contributed by atoms with Crippen molar-refractivity contribution in [2.75, 3.05) is 7.05 Å². The summed E-state index contributed by atoms with van der Waals surface area (Å²) in [5, 5.41) is 3.37. The van der Waals surface area contributed by atoms with E-state index in [-0.39, 0.29) is 6.04 Å². The van der Waals surface area contributed by atoms with E-state index in [0.717, 1.165) is 24.3 Å². The quantitative estimate of drug-likeness (QED) is 0.784. The van der Waals surface area contributed by atoms with Crippen LogP contribution < -0.4 is 5.32 Å². The Kier molecular flexibility index (Phi) is 3.80. The van der Waals surface area contributed by atoms with Crippen LogP contribution in [0.2, 0.25) is 0 Å². The molecule has 0 saturated carbocycles. The summed E-state index contributed by atoms with van der Waals surface area (Å²) in [6, 6.07) is 8.59. The maximum Gasteiger partial charge on any atom is 0.111 e. The molecule has 0 bridgehead atoms. The monoisotopic (exact) mass is 286 g/mol. The number of nitrogens with one attached hydrogen (secondary N) is 1. The highest BCUT2D eigenvalue weighted by Gasteiger charge is 2.16. The highest BCUT2D eigenvalue weighted by Crippen LogP contribution is 2.23. The number of thiazole rings is 1. The average Bonchev–Trinajstić information content (AvgIpc) is 3.11. The summed E-state index contributed by atoms with van der Waals surface area (Å²) in [6.45, 7) is 3.10. The number of para-hydroxylation sites is 2. The first-order valence-corrected chi connectivity index (χ1v) is 7.71. The third-order valence-corrected chi connectivity index (χ3v) is 4.47. The van der Waals surface area contributed by atoms with Gasteiger partial charge in [0, 0.05) is 30.1 Å². The first kappa shape index (κ1) is 13.3. The number of hydrogen-bond acceptors (Lipinski definition) is 4. The predicted octanol–water partition coefficient (Wildman–Crippen LogP) is 3.02. The Bertz CT molecular complexity index is 687. The molecule has 20 heavy (non-hydrogen) atoms. The minimum absolute atomic E-state index is 0.268. The standard InChI is InChI=1S/C15H18N4S/c1-3-19-13-7-5-4-6-11(13)18-15(19)8-12(16-2)14-9-17-10-20-14/h4-7,9-10,12,16H,3,8H2,1-2H3. The van der Waals surface area contributed by atoms with Gasteiger partial charge in [-0.2, -0.15) is 0 Å². The van der Waals surface area contributed by atoms with E-state index in [1.54, 1.807) is 11.3 Å². The van der Waals surface area contributed by atoms with Gasteiger partial charge in [0.05, 0.1) is 16.5 Å². The molecule has 1 aromatic carbocycles. The van der Waals surface area contributed by atoms with Crippen LogP contribution >= 0.6 is 11.3 Å². The summed E-state index contributed by atoms with van der Waals surface area (Å²) < 4.78 is 2.29. The van der Waals surface area contributed by atoms with Gasteiger partial charge in [0.25, 0.3) is 0 Å². The molecular formula is C15H18N4S. The van der Waals surface area contributed by atoms with Crippen molar-refractivity contribution in [2.45, 2.75) is 25.9 Å². The van der Waals surface area contributed by atoms with Crippen LogP contribution in [0.15, 0.2) is 36.0 Å². The molecule has 3 rings (SSSR count). The van der Waals surface area contributed by atoms with E-state index >= 15 is 0 Å². The van der Waals surface area contributed by atoms with Gasteiger partial charge < -0.3 is 9.88 Å². The van der Waals surface area contributed by atoms with Crippen LogP contribution in [0.5, 0.6) is 0 Å². The first-order chi connectivity index (χ1) is 9.83. The van der Waals surface area contributed by atoms with Crippen LogP contribution in [0.4, 0.5) is 0 Å². The Morgan fingerprint density at radius 3 is 2.90 bits per heavy atom. The number of imidazole rings is 1. The van der Waals surface area contributed by atoms with Gasteiger partial charge in [-0.25, -0.2) is 4.98 Å². The van der Waals surface area contributed by atoms with Gasteiger partial charge in [0.1, 0.15) is 5.82 Å². The van der Waals surface area contributed by atoms with Crippen molar-refractivity contribution in [3.8, 4) is 0 Å². The van der Waals surface area contributed by atoms with Crippen molar-refractivity contribution in [1.29, 1.82) is 0 Å². The molecular weight excluding hydrogens is 268 g/mol. The van der Waals surface area contributed by atoms with Crippen LogP contribution in [0, 0.1) is 0 Å². The highest BCUT2D eigenvalue weighted by atomic mass is 32.1. The number of aryl methyl sites for hydroxylation is 1. The average molecular weight is 286 g/mol. The Labute approximate surface area is 122 Å². The molecule has 3 aromatic rings. The van der Waals surface area contributed by atoms with Crippen molar-refractivity contribution in [2.24, 2.45) is 0 Å². The molecule has 2 heterocycles. The van der Waals surface area contributed by atoms with Gasteiger partial charge in [0.2, 0.25) is 0 Å². The summed E-state index contributed by atoms with van der Waals surface area (Å²) in [5.41, 5.74) is 4.16. The van der Waals surface area contributed by atoms with Crippen molar-refractivity contribution in [1.82, 2.24) is 19.9 Å². The lowest BCUT2D eigenvalue weighted by molar-refractivity contribution is 0.563. The molecule has 1 N–H and O–H groups in total. The Hall–Kier alpha value is -1.72. The van der Waals surface area contributed by atoms with Crippen LogP contribution in [0.1, 0.15) is 23.7 Å². The van der Waals surface area contributed by atoms with Crippen molar-refractivity contribution in [3.05, 3.63) is 46.7 Å². The van der Waals surface area contributed by atoms with Crippen LogP contribution in [0.25, 0.3) is 11.0 Å². The fraction of sp³-hybridized carbons (Fsp3) is 0.333. The molecule has 104 valence electrons. The second-order valence-corrected chi connectivity index (χ2v) is 5.63. The minimum Gasteiger partial charge on any atom is -0.328 e. The summed E-state index contributed by atoms with van der Waals surface area (Å²) in [7, 11) is 1.99. The second-order valence-electron chi connectivity index (χ2n) is 4.71. The summed E-state index contributed by atoms with van der Waals surface area (Å²) in [6.07, 6.45) is 2.81. The Morgan fingerprint density at radius 2 is 2.20 bits per heavy atom. The molecule has 5 heteroatoms. The van der Waals surface area contributed by atoms with E-state index in [9.17, 15) is 0 Å². The van der Waals surface area contributed by atoms with Crippen LogP contribution in [-0.2, 0) is 13.0 Å². The fourth-order valence-corrected chi connectivity index (χ4v) is 3.29. The summed E-state index contributed by atoms with van der Waals surface area (Å²) >= 11 is 1.68. The normalized spacial score (nSPS) is 12.9. The predicted molar refractivity (Wildman–Crippen MR) is 83.0 cm³/mol. The molecule has 0 amide bonds. The van der Waals surface area contributed by atoms with Crippen LogP contribution in [-0.4, -0.2) is 21.6 Å². The molecule has 0 saturated heterocycles. The molecule has 1 atom stereocenters. The molecule has 1 unspecified atom stereocenters. The van der Waals surface area contributed by atoms with Gasteiger partial charge >= 0.3 is 0 Å². The molecule has 0 aliphatic carbocycles. The van der Waals surface area contributed by atoms with Crippen molar-refractivity contribution < 1.29 is 0 Å². The van der Waals surface area contributed by atoms with E-state index in [0.29, 0.717) is 0 Å². The number of aromatic nitrogens is 3. The van der Waals surface area contributed by atoms with Gasteiger partial charge in [-0.15, -0.1) is 11.3 Å². The zero-order valence-corrected chi connectivity index (χ0v) is 12.5. The van der Waals surface area contributed by atoms with Gasteiger partial charge in [-0.1, -0.05) is 12.1 Å².